The van der Waals surface area contributed by atoms with Crippen LogP contribution in [0.1, 0.15) is 26.2 Å². The van der Waals surface area contributed by atoms with Gasteiger partial charge in [-0.1, -0.05) is 6.92 Å². The smallest absolute Gasteiger partial charge is 0.0592 e. The lowest BCUT2D eigenvalue weighted by molar-refractivity contribution is 0.00925. The molecule has 0 radical (unpaired) electrons. The molecule has 1 N–H and O–H groups in total. The third kappa shape index (κ3) is 3.83. The molecule has 1 aromatic rings. The second-order valence-electron chi connectivity index (χ2n) is 4.40. The number of ether oxygens (including phenoxy) is 1. The Hall–Kier alpha value is 0.190. The molecular weight excluding hydrogens is 393 g/mol. The molecule has 1 aromatic carbocycles. The van der Waals surface area contributed by atoms with Crippen LogP contribution in [0.4, 0.5) is 5.69 Å². The van der Waals surface area contributed by atoms with Gasteiger partial charge in [0.1, 0.15) is 0 Å². The van der Waals surface area contributed by atoms with E-state index in [9.17, 15) is 0 Å². The second-order valence-corrected chi connectivity index (χ2v) is 6.41. The van der Waals surface area contributed by atoms with E-state index < -0.39 is 0 Å². The maximum Gasteiger partial charge on any atom is 0.0592 e. The fourth-order valence-corrected chi connectivity index (χ4v) is 2.88. The number of hydrogen-bond donors (Lipinski definition) is 1. The molecule has 17 heavy (non-hydrogen) atoms. The molecule has 0 spiro atoms. The van der Waals surface area contributed by atoms with Crippen molar-refractivity contribution >= 4 is 44.2 Å². The van der Waals surface area contributed by atoms with E-state index in [-0.39, 0.29) is 0 Å². The van der Waals surface area contributed by atoms with E-state index in [1.807, 2.05) is 0 Å². The zero-order chi connectivity index (χ0) is 12.3. The number of hydrogen-bond acceptors (Lipinski definition) is 2. The number of nitrogens with one attached hydrogen (secondary N) is 1. The van der Waals surface area contributed by atoms with E-state index >= 15 is 0 Å². The molecule has 0 aromatic heterocycles. The number of benzene rings is 1. The molecule has 0 aliphatic carbocycles. The van der Waals surface area contributed by atoms with Gasteiger partial charge in [-0.05, 0) is 76.0 Å². The van der Waals surface area contributed by atoms with Crippen molar-refractivity contribution in [3.05, 3.63) is 26.2 Å². The molecule has 2 atom stereocenters. The zero-order valence-corrected chi connectivity index (χ0v) is 13.6. The molecule has 0 amide bonds. The predicted octanol–water partition coefficient (Wildman–Crippen LogP) is 4.42. The minimum atomic E-state index is 0.427. The standard InChI is InChI=1S/C13H17BrINO/c1-2-11-7-10(5-6-17-11)16-9-3-4-12(14)13(15)8-9/h3-4,8,10-11,16H,2,5-7H2,1H3. The van der Waals surface area contributed by atoms with Crippen LogP contribution in [-0.2, 0) is 4.74 Å². The van der Waals surface area contributed by atoms with Gasteiger partial charge in [-0.25, -0.2) is 0 Å². The Bertz CT molecular complexity index is 386. The van der Waals surface area contributed by atoms with Crippen molar-refractivity contribution in [1.29, 1.82) is 0 Å². The van der Waals surface area contributed by atoms with E-state index in [4.69, 9.17) is 4.74 Å². The van der Waals surface area contributed by atoms with Gasteiger partial charge in [0.05, 0.1) is 6.10 Å². The Morgan fingerprint density at radius 1 is 1.53 bits per heavy atom. The quantitative estimate of drug-likeness (QED) is 0.746. The Labute approximate surface area is 125 Å². The van der Waals surface area contributed by atoms with Crippen molar-refractivity contribution < 1.29 is 4.74 Å². The maximum atomic E-state index is 5.69. The molecule has 2 unspecified atom stereocenters. The highest BCUT2D eigenvalue weighted by atomic mass is 127. The van der Waals surface area contributed by atoms with Crippen LogP contribution in [0.2, 0.25) is 0 Å². The first-order chi connectivity index (χ1) is 8.19. The highest BCUT2D eigenvalue weighted by molar-refractivity contribution is 14.1. The summed E-state index contributed by atoms with van der Waals surface area (Å²) in [5, 5.41) is 3.61. The largest absolute Gasteiger partial charge is 0.382 e. The summed E-state index contributed by atoms with van der Waals surface area (Å²) < 4.78 is 8.09. The molecule has 0 saturated carbocycles. The molecule has 0 bridgehead atoms. The van der Waals surface area contributed by atoms with Crippen LogP contribution in [0.3, 0.4) is 0 Å². The molecule has 1 fully saturated rings. The third-order valence-corrected chi connectivity index (χ3v) is 5.44. The van der Waals surface area contributed by atoms with Crippen LogP contribution < -0.4 is 5.32 Å². The summed E-state index contributed by atoms with van der Waals surface area (Å²) in [6, 6.07) is 6.95. The molecule has 1 aliphatic rings. The summed E-state index contributed by atoms with van der Waals surface area (Å²) >= 11 is 5.86. The SMILES string of the molecule is CCC1CC(Nc2ccc(Br)c(I)c2)CCO1. The summed E-state index contributed by atoms with van der Waals surface area (Å²) in [5.41, 5.74) is 1.21. The highest BCUT2D eigenvalue weighted by Crippen LogP contribution is 2.25. The number of rotatable bonds is 3. The van der Waals surface area contributed by atoms with Gasteiger partial charge >= 0.3 is 0 Å². The Kier molecular flexibility index (Phi) is 5.11. The van der Waals surface area contributed by atoms with Crippen LogP contribution in [0.25, 0.3) is 0 Å². The van der Waals surface area contributed by atoms with Crippen molar-refractivity contribution in [3.8, 4) is 0 Å². The molecule has 1 aliphatic heterocycles. The lowest BCUT2D eigenvalue weighted by atomic mass is 10.0. The monoisotopic (exact) mass is 409 g/mol. The van der Waals surface area contributed by atoms with Crippen LogP contribution in [-0.4, -0.2) is 18.8 Å². The minimum Gasteiger partial charge on any atom is -0.382 e. The summed E-state index contributed by atoms with van der Waals surface area (Å²) in [6.45, 7) is 3.07. The maximum absolute atomic E-state index is 5.69. The van der Waals surface area contributed by atoms with Crippen LogP contribution in [0.15, 0.2) is 22.7 Å². The molecule has 1 heterocycles. The molecular formula is C13H17BrINO. The van der Waals surface area contributed by atoms with Gasteiger partial charge in [0.2, 0.25) is 0 Å². The summed E-state index contributed by atoms with van der Waals surface area (Å²) in [7, 11) is 0. The first-order valence-electron chi connectivity index (χ1n) is 6.02. The van der Waals surface area contributed by atoms with Crippen molar-refractivity contribution in [2.75, 3.05) is 11.9 Å². The Balaban J connectivity index is 1.97. The molecule has 4 heteroatoms. The Morgan fingerprint density at radius 2 is 2.35 bits per heavy atom. The second kappa shape index (κ2) is 6.38. The fraction of sp³-hybridized carbons (Fsp3) is 0.538. The van der Waals surface area contributed by atoms with E-state index in [2.05, 4.69) is 69.0 Å². The van der Waals surface area contributed by atoms with E-state index in [0.29, 0.717) is 12.1 Å². The summed E-state index contributed by atoms with van der Waals surface area (Å²) in [6.07, 6.45) is 3.75. The number of halogens is 2. The van der Waals surface area contributed by atoms with E-state index in [1.54, 1.807) is 0 Å². The normalized spacial score (nSPS) is 24.6. The van der Waals surface area contributed by atoms with Crippen molar-refractivity contribution in [2.45, 2.75) is 38.3 Å². The topological polar surface area (TPSA) is 21.3 Å². The molecule has 2 rings (SSSR count). The van der Waals surface area contributed by atoms with Gasteiger partial charge < -0.3 is 10.1 Å². The lowest BCUT2D eigenvalue weighted by Crippen LogP contribution is -2.33. The fourth-order valence-electron chi connectivity index (χ4n) is 2.12. The van der Waals surface area contributed by atoms with Gasteiger partial charge in [0.25, 0.3) is 0 Å². The van der Waals surface area contributed by atoms with Gasteiger partial charge in [-0.15, -0.1) is 0 Å². The van der Waals surface area contributed by atoms with Crippen molar-refractivity contribution in [2.24, 2.45) is 0 Å². The van der Waals surface area contributed by atoms with Crippen LogP contribution >= 0.6 is 38.5 Å². The van der Waals surface area contributed by atoms with E-state index in [1.165, 1.54) is 9.26 Å². The molecule has 94 valence electrons. The molecule has 2 nitrogen and oxygen atoms in total. The van der Waals surface area contributed by atoms with Crippen LogP contribution in [0, 0.1) is 3.57 Å². The minimum absolute atomic E-state index is 0.427. The zero-order valence-electron chi connectivity index (χ0n) is 9.88. The molecule has 1 saturated heterocycles. The van der Waals surface area contributed by atoms with Crippen molar-refractivity contribution in [1.82, 2.24) is 0 Å². The van der Waals surface area contributed by atoms with E-state index in [0.717, 1.165) is 30.3 Å². The third-order valence-electron chi connectivity index (χ3n) is 3.11. The van der Waals surface area contributed by atoms with Crippen LogP contribution in [0.5, 0.6) is 0 Å². The van der Waals surface area contributed by atoms with Gasteiger partial charge in [0.15, 0.2) is 0 Å². The van der Waals surface area contributed by atoms with Gasteiger partial charge in [0, 0.05) is 26.4 Å². The highest BCUT2D eigenvalue weighted by Gasteiger charge is 2.21. The first-order valence-corrected chi connectivity index (χ1v) is 7.89. The van der Waals surface area contributed by atoms with Gasteiger partial charge in [-0.3, -0.25) is 0 Å². The average Bonchev–Trinajstić information content (AvgIpc) is 2.34. The number of anilines is 1. The van der Waals surface area contributed by atoms with Gasteiger partial charge in [-0.2, -0.15) is 0 Å². The average molecular weight is 410 g/mol. The summed E-state index contributed by atoms with van der Waals surface area (Å²) in [4.78, 5) is 0. The Morgan fingerprint density at radius 3 is 3.06 bits per heavy atom. The predicted molar refractivity (Wildman–Crippen MR) is 83.5 cm³/mol. The lowest BCUT2D eigenvalue weighted by Gasteiger charge is -2.30. The first kappa shape index (κ1) is 13.6. The summed E-state index contributed by atoms with van der Waals surface area (Å²) in [5.74, 6) is 0. The van der Waals surface area contributed by atoms with Crippen molar-refractivity contribution in [3.63, 3.8) is 0 Å².